The molecule has 154 valence electrons. The second kappa shape index (κ2) is 9.29. The van der Waals surface area contributed by atoms with Crippen LogP contribution in [0, 0.1) is 5.92 Å². The van der Waals surface area contributed by atoms with Crippen LogP contribution in [-0.2, 0) is 11.2 Å². The number of piperidine rings is 1. The van der Waals surface area contributed by atoms with Crippen LogP contribution in [0.4, 0.5) is 4.79 Å². The molecule has 1 aromatic carbocycles. The molecular weight excluding hydrogens is 418 g/mol. The molecule has 1 N–H and O–H groups in total. The molecule has 1 saturated heterocycles. The Morgan fingerprint density at radius 1 is 1.11 bits per heavy atom. The summed E-state index contributed by atoms with van der Waals surface area (Å²) in [6.45, 7) is 1.32. The lowest BCUT2D eigenvalue weighted by molar-refractivity contribution is -0.128. The number of likely N-dealkylation sites (tertiary alicyclic amines) is 1. The average molecular weight is 450 g/mol. The minimum atomic E-state index is -0.125. The van der Waals surface area contributed by atoms with Crippen LogP contribution in [0.3, 0.4) is 0 Å². The number of halogens is 1. The molecule has 0 aromatic heterocycles. The summed E-state index contributed by atoms with van der Waals surface area (Å²) in [7, 11) is 3.55. The van der Waals surface area contributed by atoms with Crippen LogP contribution in [0.5, 0.6) is 0 Å². The molecule has 0 radical (unpaired) electrons. The second-order valence-corrected chi connectivity index (χ2v) is 9.49. The van der Waals surface area contributed by atoms with Crippen molar-refractivity contribution in [3.63, 3.8) is 0 Å². The van der Waals surface area contributed by atoms with Crippen molar-refractivity contribution in [3.8, 4) is 0 Å². The van der Waals surface area contributed by atoms with Crippen molar-refractivity contribution in [2.75, 3.05) is 27.2 Å². The van der Waals surface area contributed by atoms with Crippen molar-refractivity contribution in [2.45, 2.75) is 56.9 Å². The molecule has 1 aliphatic heterocycles. The van der Waals surface area contributed by atoms with Crippen molar-refractivity contribution >= 4 is 27.9 Å². The number of nitrogens with one attached hydrogen (secondary N) is 1. The van der Waals surface area contributed by atoms with Crippen LogP contribution in [0.1, 0.15) is 50.5 Å². The third-order valence-electron chi connectivity index (χ3n) is 6.17. The quantitative estimate of drug-likeness (QED) is 0.748. The van der Waals surface area contributed by atoms with Gasteiger partial charge < -0.3 is 15.1 Å². The fraction of sp³-hybridized carbons (Fsp3) is 0.636. The molecule has 0 bridgehead atoms. The molecule has 3 rings (SSSR count). The molecule has 2 aliphatic rings. The first-order valence-electron chi connectivity index (χ1n) is 10.4. The Labute approximate surface area is 177 Å². The number of hydrogen-bond donors (Lipinski definition) is 1. The van der Waals surface area contributed by atoms with Gasteiger partial charge in [-0.05, 0) is 49.8 Å². The number of nitrogens with zero attached hydrogens (tertiary/aromatic N) is 2. The van der Waals surface area contributed by atoms with Crippen molar-refractivity contribution < 1.29 is 9.59 Å². The molecule has 6 heteroatoms. The first-order valence-corrected chi connectivity index (χ1v) is 11.2. The van der Waals surface area contributed by atoms with Crippen molar-refractivity contribution in [2.24, 2.45) is 5.92 Å². The Bertz CT molecular complexity index is 676. The normalized spacial score (nSPS) is 19.9. The summed E-state index contributed by atoms with van der Waals surface area (Å²) in [5, 5.41) is 3.47. The van der Waals surface area contributed by atoms with E-state index in [4.69, 9.17) is 0 Å². The molecule has 0 atom stereocenters. The molecule has 2 fully saturated rings. The van der Waals surface area contributed by atoms with E-state index in [-0.39, 0.29) is 23.4 Å². The van der Waals surface area contributed by atoms with E-state index in [1.807, 2.05) is 4.90 Å². The summed E-state index contributed by atoms with van der Waals surface area (Å²) in [5.41, 5.74) is 1.15. The van der Waals surface area contributed by atoms with E-state index in [9.17, 15) is 9.59 Å². The van der Waals surface area contributed by atoms with Crippen LogP contribution in [0.2, 0.25) is 0 Å². The lowest BCUT2D eigenvalue weighted by Crippen LogP contribution is -2.54. The monoisotopic (exact) mass is 449 g/mol. The van der Waals surface area contributed by atoms with Crippen LogP contribution in [0.25, 0.3) is 0 Å². The number of carbonyl (C=O) groups excluding carboxylic acids is 2. The van der Waals surface area contributed by atoms with E-state index in [2.05, 4.69) is 45.5 Å². The Kier molecular flexibility index (Phi) is 7.02. The van der Waals surface area contributed by atoms with Crippen molar-refractivity contribution in [1.29, 1.82) is 0 Å². The van der Waals surface area contributed by atoms with Gasteiger partial charge in [0.15, 0.2) is 0 Å². The predicted octanol–water partition coefficient (Wildman–Crippen LogP) is 4.20. The van der Waals surface area contributed by atoms with Gasteiger partial charge in [-0.15, -0.1) is 0 Å². The van der Waals surface area contributed by atoms with Gasteiger partial charge in [-0.3, -0.25) is 4.79 Å². The highest BCUT2D eigenvalue weighted by Gasteiger charge is 2.36. The fourth-order valence-corrected chi connectivity index (χ4v) is 4.81. The first kappa shape index (κ1) is 21.2. The Morgan fingerprint density at radius 2 is 1.71 bits per heavy atom. The standard InChI is InChI=1S/C22H32BrN3O2/c1-25(2)21(28)26-14-10-18(11-15-26)20(27)24-22(12-4-3-5-13-22)16-17-6-8-19(23)9-7-17/h6-9,18H,3-5,10-16H2,1-2H3,(H,24,27). The number of hydrogen-bond acceptors (Lipinski definition) is 2. The summed E-state index contributed by atoms with van der Waals surface area (Å²) in [4.78, 5) is 28.7. The number of carbonyl (C=O) groups is 2. The molecule has 1 saturated carbocycles. The summed E-state index contributed by atoms with van der Waals surface area (Å²) in [6.07, 6.45) is 8.09. The van der Waals surface area contributed by atoms with Crippen LogP contribution < -0.4 is 5.32 Å². The lowest BCUT2D eigenvalue weighted by atomic mass is 9.77. The highest BCUT2D eigenvalue weighted by molar-refractivity contribution is 9.10. The number of urea groups is 1. The highest BCUT2D eigenvalue weighted by atomic mass is 79.9. The van der Waals surface area contributed by atoms with E-state index in [0.717, 1.165) is 36.6 Å². The topological polar surface area (TPSA) is 52.7 Å². The average Bonchev–Trinajstić information content (AvgIpc) is 2.70. The minimum absolute atomic E-state index is 0.00920. The van der Waals surface area contributed by atoms with E-state index >= 15 is 0 Å². The van der Waals surface area contributed by atoms with Gasteiger partial charge in [0.05, 0.1) is 0 Å². The molecule has 3 amide bonds. The molecule has 1 aromatic rings. The van der Waals surface area contributed by atoms with Crippen molar-refractivity contribution in [1.82, 2.24) is 15.1 Å². The van der Waals surface area contributed by atoms with Gasteiger partial charge in [0.1, 0.15) is 0 Å². The van der Waals surface area contributed by atoms with Gasteiger partial charge in [-0.1, -0.05) is 47.3 Å². The Morgan fingerprint density at radius 3 is 2.29 bits per heavy atom. The third kappa shape index (κ3) is 5.28. The van der Waals surface area contributed by atoms with E-state index < -0.39 is 0 Å². The van der Waals surface area contributed by atoms with E-state index in [1.165, 1.54) is 24.8 Å². The molecule has 0 spiro atoms. The van der Waals surface area contributed by atoms with Gasteiger partial charge in [0.2, 0.25) is 5.91 Å². The predicted molar refractivity (Wildman–Crippen MR) is 115 cm³/mol. The summed E-state index contributed by atoms with van der Waals surface area (Å²) < 4.78 is 1.08. The first-order chi connectivity index (χ1) is 13.4. The van der Waals surface area contributed by atoms with Crippen LogP contribution in [0.15, 0.2) is 28.7 Å². The summed E-state index contributed by atoms with van der Waals surface area (Å²) >= 11 is 3.50. The molecular formula is C22H32BrN3O2. The van der Waals surface area contributed by atoms with Gasteiger partial charge in [-0.25, -0.2) is 4.79 Å². The van der Waals surface area contributed by atoms with Gasteiger partial charge in [-0.2, -0.15) is 0 Å². The zero-order chi connectivity index (χ0) is 20.1. The fourth-order valence-electron chi connectivity index (χ4n) is 4.55. The minimum Gasteiger partial charge on any atom is -0.350 e. The number of amides is 3. The zero-order valence-corrected chi connectivity index (χ0v) is 18.6. The Balaban J connectivity index is 1.62. The maximum Gasteiger partial charge on any atom is 0.319 e. The molecule has 5 nitrogen and oxygen atoms in total. The molecule has 1 heterocycles. The summed E-state index contributed by atoms with van der Waals surface area (Å²) in [5.74, 6) is 0.186. The van der Waals surface area contributed by atoms with Crippen LogP contribution in [-0.4, -0.2) is 54.5 Å². The maximum absolute atomic E-state index is 13.1. The SMILES string of the molecule is CN(C)C(=O)N1CCC(C(=O)NC2(Cc3ccc(Br)cc3)CCCCC2)CC1. The second-order valence-electron chi connectivity index (χ2n) is 8.57. The van der Waals surface area contributed by atoms with Crippen molar-refractivity contribution in [3.05, 3.63) is 34.3 Å². The maximum atomic E-state index is 13.1. The molecule has 0 unspecified atom stereocenters. The summed E-state index contributed by atoms with van der Waals surface area (Å²) in [6, 6.07) is 8.49. The zero-order valence-electron chi connectivity index (χ0n) is 17.0. The Hall–Kier alpha value is -1.56. The lowest BCUT2D eigenvalue weighted by Gasteiger charge is -2.40. The van der Waals surface area contributed by atoms with Gasteiger partial charge in [0.25, 0.3) is 0 Å². The highest BCUT2D eigenvalue weighted by Crippen LogP contribution is 2.33. The third-order valence-corrected chi connectivity index (χ3v) is 6.70. The number of rotatable bonds is 4. The number of benzene rings is 1. The van der Waals surface area contributed by atoms with E-state index in [0.29, 0.717) is 13.1 Å². The smallest absolute Gasteiger partial charge is 0.319 e. The van der Waals surface area contributed by atoms with Crippen LogP contribution >= 0.6 is 15.9 Å². The molecule has 28 heavy (non-hydrogen) atoms. The molecule has 1 aliphatic carbocycles. The van der Waals surface area contributed by atoms with Gasteiger partial charge in [0, 0.05) is 43.1 Å². The van der Waals surface area contributed by atoms with E-state index in [1.54, 1.807) is 19.0 Å². The van der Waals surface area contributed by atoms with Gasteiger partial charge >= 0.3 is 6.03 Å². The largest absolute Gasteiger partial charge is 0.350 e.